The Morgan fingerprint density at radius 3 is 2.42 bits per heavy atom. The number of hydrogen-bond acceptors (Lipinski definition) is 6. The first kappa shape index (κ1) is 27.2. The van der Waals surface area contributed by atoms with Gasteiger partial charge in [-0.1, -0.05) is 25.5 Å². The summed E-state index contributed by atoms with van der Waals surface area (Å²) in [6, 6.07) is 5.66. The minimum Gasteiger partial charge on any atom is -0.425 e. The number of ether oxygens (including phenoxy) is 1. The van der Waals surface area contributed by atoms with Gasteiger partial charge in [0.1, 0.15) is 11.4 Å². The summed E-state index contributed by atoms with van der Waals surface area (Å²) in [5.74, 6) is -0.852. The van der Waals surface area contributed by atoms with Crippen molar-refractivity contribution in [2.75, 3.05) is 18.5 Å². The number of alkyl halides is 6. The van der Waals surface area contributed by atoms with E-state index in [1.807, 2.05) is 6.92 Å². The smallest absolute Gasteiger partial charge is 0.425 e. The van der Waals surface area contributed by atoms with Crippen molar-refractivity contribution in [2.45, 2.75) is 45.0 Å². The molecule has 1 N–H and O–H groups in total. The first-order chi connectivity index (χ1) is 17.8. The standard InChI is InChI=1S/C24H23F6N5O3/c1-3-4-10-34-20(36)18-19(33(2)22(34)37)32-21(38-16-7-5-6-15(11-16)23(25,26)27)35(18)13-14-8-9-17(31-12-14)24(28,29)30/h5-9,11-12,22,37H,3-4,10,13H2,1-2H3. The molecule has 1 amide bonds. The van der Waals surface area contributed by atoms with Crippen LogP contribution in [-0.4, -0.2) is 50.4 Å². The molecule has 8 nitrogen and oxygen atoms in total. The molecule has 1 aliphatic rings. The number of nitrogens with zero attached hydrogens (tertiary/aromatic N) is 5. The summed E-state index contributed by atoms with van der Waals surface area (Å²) >= 11 is 0. The van der Waals surface area contributed by atoms with Gasteiger partial charge < -0.3 is 14.7 Å². The van der Waals surface area contributed by atoms with Crippen molar-refractivity contribution < 1.29 is 41.0 Å². The molecule has 2 aromatic heterocycles. The first-order valence-electron chi connectivity index (χ1n) is 11.5. The summed E-state index contributed by atoms with van der Waals surface area (Å²) in [6.45, 7) is 1.87. The molecule has 0 saturated carbocycles. The number of carbonyl (C=O) groups excluding carboxylic acids is 1. The van der Waals surface area contributed by atoms with Gasteiger partial charge in [-0.3, -0.25) is 19.2 Å². The number of imidazole rings is 1. The molecule has 14 heteroatoms. The van der Waals surface area contributed by atoms with Crippen molar-refractivity contribution in [1.29, 1.82) is 0 Å². The summed E-state index contributed by atoms with van der Waals surface area (Å²) in [6.07, 6.45) is -8.37. The third kappa shape index (κ3) is 5.39. The fourth-order valence-corrected chi connectivity index (χ4v) is 3.92. The second kappa shape index (κ2) is 10.2. The van der Waals surface area contributed by atoms with Crippen molar-refractivity contribution in [3.63, 3.8) is 0 Å². The number of hydrogen-bond donors (Lipinski definition) is 1. The van der Waals surface area contributed by atoms with E-state index in [1.165, 1.54) is 27.5 Å². The van der Waals surface area contributed by atoms with E-state index in [-0.39, 0.29) is 41.9 Å². The summed E-state index contributed by atoms with van der Waals surface area (Å²) in [4.78, 5) is 23.6. The number of fused-ring (bicyclic) bond motifs is 1. The SMILES string of the molecule is CCCCN1C(=O)c2c(nc(Oc3cccc(C(F)(F)F)c3)n2Cc2ccc(C(F)(F)F)nc2)N(C)C1O. The molecule has 1 unspecified atom stereocenters. The van der Waals surface area contributed by atoms with E-state index in [1.54, 1.807) is 0 Å². The van der Waals surface area contributed by atoms with Gasteiger partial charge in [-0.15, -0.1) is 0 Å². The van der Waals surface area contributed by atoms with E-state index in [0.717, 1.165) is 42.9 Å². The molecule has 3 aromatic rings. The van der Waals surface area contributed by atoms with Gasteiger partial charge in [0.2, 0.25) is 6.35 Å². The molecular weight excluding hydrogens is 520 g/mol. The van der Waals surface area contributed by atoms with Crippen molar-refractivity contribution in [1.82, 2.24) is 19.4 Å². The molecule has 1 atom stereocenters. The third-order valence-electron chi connectivity index (χ3n) is 5.92. The van der Waals surface area contributed by atoms with Crippen LogP contribution in [0.2, 0.25) is 0 Å². The summed E-state index contributed by atoms with van der Waals surface area (Å²) in [5, 5.41) is 10.7. The minimum absolute atomic E-state index is 0.00269. The molecule has 0 fully saturated rings. The highest BCUT2D eigenvalue weighted by atomic mass is 19.4. The zero-order valence-electron chi connectivity index (χ0n) is 20.2. The van der Waals surface area contributed by atoms with Gasteiger partial charge in [0.05, 0.1) is 12.1 Å². The van der Waals surface area contributed by atoms with Crippen molar-refractivity contribution in [2.24, 2.45) is 0 Å². The quantitative estimate of drug-likeness (QED) is 0.417. The highest BCUT2D eigenvalue weighted by molar-refractivity contribution is 5.99. The maximum absolute atomic E-state index is 13.4. The van der Waals surface area contributed by atoms with E-state index in [4.69, 9.17) is 4.74 Å². The van der Waals surface area contributed by atoms with Gasteiger partial charge in [0, 0.05) is 19.8 Å². The summed E-state index contributed by atoms with van der Waals surface area (Å²) in [5.41, 5.74) is -1.89. The van der Waals surface area contributed by atoms with Crippen molar-refractivity contribution in [3.05, 3.63) is 65.1 Å². The molecule has 0 spiro atoms. The zero-order chi connectivity index (χ0) is 27.8. The number of aliphatic hydroxyl groups is 1. The third-order valence-corrected chi connectivity index (χ3v) is 5.92. The van der Waals surface area contributed by atoms with Crippen LogP contribution in [0.5, 0.6) is 11.8 Å². The monoisotopic (exact) mass is 543 g/mol. The van der Waals surface area contributed by atoms with Crippen LogP contribution in [0.4, 0.5) is 32.2 Å². The number of anilines is 1. The van der Waals surface area contributed by atoms with Gasteiger partial charge >= 0.3 is 18.4 Å². The number of aliphatic hydroxyl groups excluding tert-OH is 1. The van der Waals surface area contributed by atoms with Gasteiger partial charge in [-0.05, 0) is 36.2 Å². The van der Waals surface area contributed by atoms with Gasteiger partial charge in [-0.2, -0.15) is 31.3 Å². The van der Waals surface area contributed by atoms with Crippen molar-refractivity contribution in [3.8, 4) is 11.8 Å². The van der Waals surface area contributed by atoms with E-state index in [2.05, 4.69) is 9.97 Å². The predicted molar refractivity (Wildman–Crippen MR) is 122 cm³/mol. The number of benzene rings is 1. The number of unbranched alkanes of at least 4 members (excludes halogenated alkanes) is 1. The Morgan fingerprint density at radius 2 is 1.82 bits per heavy atom. The number of rotatable bonds is 7. The molecule has 204 valence electrons. The minimum atomic E-state index is -4.65. The van der Waals surface area contributed by atoms with Crippen LogP contribution >= 0.6 is 0 Å². The molecule has 0 bridgehead atoms. The average Bonchev–Trinajstić information content (AvgIpc) is 3.20. The maximum atomic E-state index is 13.4. The van der Waals surface area contributed by atoms with Crippen LogP contribution in [0.25, 0.3) is 0 Å². The molecule has 38 heavy (non-hydrogen) atoms. The average molecular weight is 543 g/mol. The van der Waals surface area contributed by atoms with Gasteiger partial charge in [-0.25, -0.2) is 0 Å². The van der Waals surface area contributed by atoms with Crippen LogP contribution in [0.1, 0.15) is 47.1 Å². The topological polar surface area (TPSA) is 83.7 Å². The fourth-order valence-electron chi connectivity index (χ4n) is 3.92. The number of carbonyl (C=O) groups is 1. The lowest BCUT2D eigenvalue weighted by molar-refractivity contribution is -0.141. The maximum Gasteiger partial charge on any atom is 0.433 e. The van der Waals surface area contributed by atoms with Gasteiger partial charge in [0.25, 0.3) is 5.91 Å². The van der Waals surface area contributed by atoms with E-state index in [0.29, 0.717) is 6.42 Å². The van der Waals surface area contributed by atoms with Crippen LogP contribution in [0, 0.1) is 0 Å². The normalized spacial score (nSPS) is 16.1. The molecule has 0 aliphatic carbocycles. The van der Waals surface area contributed by atoms with Crippen LogP contribution in [0.3, 0.4) is 0 Å². The molecule has 4 rings (SSSR count). The molecule has 1 aliphatic heterocycles. The molecule has 0 radical (unpaired) electrons. The molecule has 3 heterocycles. The largest absolute Gasteiger partial charge is 0.433 e. The van der Waals surface area contributed by atoms with Gasteiger partial charge in [0.15, 0.2) is 11.5 Å². The Balaban J connectivity index is 1.79. The van der Waals surface area contributed by atoms with Crippen LogP contribution in [-0.2, 0) is 18.9 Å². The second-order valence-corrected chi connectivity index (χ2v) is 8.64. The highest BCUT2D eigenvalue weighted by Crippen LogP contribution is 2.37. The number of halogens is 6. The van der Waals surface area contributed by atoms with Crippen LogP contribution in [0.15, 0.2) is 42.6 Å². The van der Waals surface area contributed by atoms with E-state index < -0.39 is 35.9 Å². The lowest BCUT2D eigenvalue weighted by Crippen LogP contribution is -2.54. The summed E-state index contributed by atoms with van der Waals surface area (Å²) in [7, 11) is 1.47. The Morgan fingerprint density at radius 1 is 1.08 bits per heavy atom. The van der Waals surface area contributed by atoms with Crippen molar-refractivity contribution >= 4 is 11.7 Å². The van der Waals surface area contributed by atoms with E-state index >= 15 is 0 Å². The number of amides is 1. The van der Waals surface area contributed by atoms with Crippen LogP contribution < -0.4 is 9.64 Å². The molecule has 0 saturated heterocycles. The Bertz CT molecular complexity index is 1310. The zero-order valence-corrected chi connectivity index (χ0v) is 20.2. The molecular formula is C24H23F6N5O3. The number of aromatic nitrogens is 3. The number of pyridine rings is 1. The Hall–Kier alpha value is -3.81. The predicted octanol–water partition coefficient (Wildman–Crippen LogP) is 5.12. The first-order valence-corrected chi connectivity index (χ1v) is 11.5. The lowest BCUT2D eigenvalue weighted by atomic mass is 10.2. The highest BCUT2D eigenvalue weighted by Gasteiger charge is 2.40. The van der Waals surface area contributed by atoms with E-state index in [9.17, 15) is 36.2 Å². The molecule has 1 aromatic carbocycles. The lowest BCUT2D eigenvalue weighted by Gasteiger charge is -2.38. The second-order valence-electron chi connectivity index (χ2n) is 8.64. The fraction of sp³-hybridized carbons (Fsp3) is 0.375. The Kier molecular flexibility index (Phi) is 7.28. The summed E-state index contributed by atoms with van der Waals surface area (Å²) < 4.78 is 85.5. The Labute approximate surface area is 213 Å².